The van der Waals surface area contributed by atoms with E-state index in [9.17, 15) is 19.7 Å². The molecule has 0 aliphatic rings. The number of hydrogen-bond donors (Lipinski definition) is 3. The first kappa shape index (κ1) is 19.0. The van der Waals surface area contributed by atoms with E-state index in [0.29, 0.717) is 11.5 Å². The summed E-state index contributed by atoms with van der Waals surface area (Å²) in [6.45, 7) is 1.81. The molecule has 136 valence electrons. The van der Waals surface area contributed by atoms with Gasteiger partial charge in [0.2, 0.25) is 5.91 Å². The Labute approximate surface area is 153 Å². The quantitative estimate of drug-likeness (QED) is 0.385. The Hall–Kier alpha value is -3.33. The van der Waals surface area contributed by atoms with Crippen LogP contribution in [0.4, 0.5) is 5.69 Å². The zero-order valence-corrected chi connectivity index (χ0v) is 14.4. The number of nitro benzene ring substituents is 1. The van der Waals surface area contributed by atoms with Gasteiger partial charge in [-0.2, -0.15) is 0 Å². The number of hydrogen-bond acceptors (Lipinski definition) is 6. The lowest BCUT2D eigenvalue weighted by molar-refractivity contribution is -0.384. The molecule has 0 aliphatic heterocycles. The Morgan fingerprint density at radius 3 is 2.69 bits per heavy atom. The molecule has 1 heterocycles. The zero-order chi connectivity index (χ0) is 19.1. The number of carbonyl (C=O) groups excluding carboxylic acids is 2. The minimum Gasteiger partial charge on any atom is -0.467 e. The first-order chi connectivity index (χ1) is 12.4. The van der Waals surface area contributed by atoms with E-state index in [-0.39, 0.29) is 28.7 Å². The molecule has 0 aliphatic carbocycles. The fraction of sp³-hybridized carbons (Fsp3) is 0.125. The number of nitro groups is 1. The van der Waals surface area contributed by atoms with E-state index in [4.69, 9.17) is 16.0 Å². The molecule has 0 spiro atoms. The van der Waals surface area contributed by atoms with E-state index < -0.39 is 10.8 Å². The minimum absolute atomic E-state index is 0.0554. The van der Waals surface area contributed by atoms with Crippen molar-refractivity contribution in [2.24, 2.45) is 0 Å². The molecule has 0 radical (unpaired) electrons. The summed E-state index contributed by atoms with van der Waals surface area (Å²) in [7, 11) is 0. The average molecular weight is 379 g/mol. The van der Waals surface area contributed by atoms with Crippen LogP contribution in [0.25, 0.3) is 0 Å². The Balaban J connectivity index is 1.87. The van der Waals surface area contributed by atoms with Crippen LogP contribution in [0.2, 0.25) is 5.02 Å². The Kier molecular flexibility index (Phi) is 6.34. The van der Waals surface area contributed by atoms with Crippen LogP contribution in [-0.4, -0.2) is 16.7 Å². The highest BCUT2D eigenvalue weighted by molar-refractivity contribution is 6.34. The second-order valence-electron chi connectivity index (χ2n) is 5.12. The van der Waals surface area contributed by atoms with E-state index in [2.05, 4.69) is 16.2 Å². The lowest BCUT2D eigenvalue weighted by Crippen LogP contribution is -2.36. The number of allylic oxidation sites excluding steroid dienone is 1. The smallest absolute Gasteiger partial charge is 0.271 e. The van der Waals surface area contributed by atoms with Crippen molar-refractivity contribution in [3.63, 3.8) is 0 Å². The molecule has 0 atom stereocenters. The van der Waals surface area contributed by atoms with Crippen LogP contribution in [0.3, 0.4) is 0 Å². The lowest BCUT2D eigenvalue weighted by Gasteiger charge is -2.10. The fourth-order valence-electron chi connectivity index (χ4n) is 1.90. The van der Waals surface area contributed by atoms with Crippen LogP contribution >= 0.6 is 11.6 Å². The van der Waals surface area contributed by atoms with Gasteiger partial charge in [0.25, 0.3) is 11.6 Å². The SMILES string of the molecule is CC(=CC(=O)NCc1ccco1)NNC(=O)c1ccc([N+](=O)[O-])cc1Cl. The third-order valence-electron chi connectivity index (χ3n) is 3.15. The lowest BCUT2D eigenvalue weighted by atomic mass is 10.2. The van der Waals surface area contributed by atoms with Crippen molar-refractivity contribution in [1.82, 2.24) is 16.2 Å². The monoisotopic (exact) mass is 378 g/mol. The molecule has 0 unspecified atom stereocenters. The molecule has 26 heavy (non-hydrogen) atoms. The average Bonchev–Trinajstić information content (AvgIpc) is 3.11. The summed E-state index contributed by atoms with van der Waals surface area (Å²) in [5.74, 6) is -0.374. The maximum absolute atomic E-state index is 12.0. The topological polar surface area (TPSA) is 127 Å². The van der Waals surface area contributed by atoms with Crippen molar-refractivity contribution in [3.8, 4) is 0 Å². The molecule has 2 aromatic rings. The maximum Gasteiger partial charge on any atom is 0.271 e. The third kappa shape index (κ3) is 5.35. The number of nitrogens with one attached hydrogen (secondary N) is 3. The highest BCUT2D eigenvalue weighted by Gasteiger charge is 2.14. The number of hydrazine groups is 1. The van der Waals surface area contributed by atoms with Crippen LogP contribution in [0.1, 0.15) is 23.0 Å². The summed E-state index contributed by atoms with van der Waals surface area (Å²) < 4.78 is 5.09. The van der Waals surface area contributed by atoms with Gasteiger partial charge in [-0.05, 0) is 25.1 Å². The molecule has 2 amide bonds. The molecule has 10 heteroatoms. The van der Waals surface area contributed by atoms with Crippen LogP contribution in [0, 0.1) is 10.1 Å². The first-order valence-electron chi connectivity index (χ1n) is 7.35. The predicted molar refractivity (Wildman–Crippen MR) is 93.0 cm³/mol. The van der Waals surface area contributed by atoms with Gasteiger partial charge in [0, 0.05) is 23.9 Å². The number of halogens is 1. The predicted octanol–water partition coefficient (Wildman–Crippen LogP) is 2.30. The largest absolute Gasteiger partial charge is 0.467 e. The number of amides is 2. The van der Waals surface area contributed by atoms with Gasteiger partial charge in [0.1, 0.15) is 5.76 Å². The van der Waals surface area contributed by atoms with Gasteiger partial charge in [0.15, 0.2) is 0 Å². The van der Waals surface area contributed by atoms with Crippen LogP contribution < -0.4 is 16.2 Å². The van der Waals surface area contributed by atoms with Crippen molar-refractivity contribution in [1.29, 1.82) is 0 Å². The summed E-state index contributed by atoms with van der Waals surface area (Å²) in [4.78, 5) is 33.9. The van der Waals surface area contributed by atoms with Crippen molar-refractivity contribution < 1.29 is 18.9 Å². The van der Waals surface area contributed by atoms with Gasteiger partial charge in [-0.1, -0.05) is 11.6 Å². The standard InChI is InChI=1S/C16H15ClN4O5/c1-10(7-15(22)18-9-12-3-2-6-26-12)19-20-16(23)13-5-4-11(21(24)25)8-14(13)17/h2-8,19H,9H2,1H3,(H,18,22)(H,20,23). The minimum atomic E-state index is -0.611. The van der Waals surface area contributed by atoms with Crippen molar-refractivity contribution in [3.05, 3.63) is 74.8 Å². The van der Waals surface area contributed by atoms with Gasteiger partial charge in [-0.15, -0.1) is 0 Å². The second kappa shape index (κ2) is 8.67. The summed E-state index contributed by atoms with van der Waals surface area (Å²) in [5.41, 5.74) is 5.11. The maximum atomic E-state index is 12.0. The van der Waals surface area contributed by atoms with E-state index in [0.717, 1.165) is 6.07 Å². The number of nitrogens with zero attached hydrogens (tertiary/aromatic N) is 1. The number of non-ortho nitro benzene ring substituents is 1. The second-order valence-corrected chi connectivity index (χ2v) is 5.53. The van der Waals surface area contributed by atoms with Crippen LogP contribution in [-0.2, 0) is 11.3 Å². The summed E-state index contributed by atoms with van der Waals surface area (Å²) >= 11 is 5.88. The van der Waals surface area contributed by atoms with Gasteiger partial charge < -0.3 is 15.2 Å². The summed E-state index contributed by atoms with van der Waals surface area (Å²) in [6.07, 6.45) is 2.75. The molecule has 1 aromatic heterocycles. The molecule has 0 fully saturated rings. The van der Waals surface area contributed by atoms with E-state index in [1.165, 1.54) is 24.5 Å². The molecule has 0 saturated heterocycles. The normalized spacial score (nSPS) is 10.9. The molecule has 2 rings (SSSR count). The van der Waals surface area contributed by atoms with Gasteiger partial charge in [-0.3, -0.25) is 25.1 Å². The molecule has 0 saturated carbocycles. The Morgan fingerprint density at radius 1 is 1.31 bits per heavy atom. The molecule has 3 N–H and O–H groups in total. The number of benzene rings is 1. The van der Waals surface area contributed by atoms with E-state index >= 15 is 0 Å². The van der Waals surface area contributed by atoms with Gasteiger partial charge in [-0.25, -0.2) is 0 Å². The third-order valence-corrected chi connectivity index (χ3v) is 3.46. The van der Waals surface area contributed by atoms with Gasteiger partial charge in [0.05, 0.1) is 28.3 Å². The van der Waals surface area contributed by atoms with Crippen molar-refractivity contribution in [2.45, 2.75) is 13.5 Å². The zero-order valence-electron chi connectivity index (χ0n) is 13.6. The van der Waals surface area contributed by atoms with E-state index in [1.54, 1.807) is 19.1 Å². The summed E-state index contributed by atoms with van der Waals surface area (Å²) in [5, 5.41) is 13.2. The van der Waals surface area contributed by atoms with Crippen LogP contribution in [0.15, 0.2) is 52.8 Å². The van der Waals surface area contributed by atoms with E-state index in [1.807, 2.05) is 0 Å². The van der Waals surface area contributed by atoms with Gasteiger partial charge >= 0.3 is 0 Å². The molecular weight excluding hydrogens is 364 g/mol. The number of furan rings is 1. The van der Waals surface area contributed by atoms with Crippen molar-refractivity contribution >= 4 is 29.1 Å². The summed E-state index contributed by atoms with van der Waals surface area (Å²) in [6, 6.07) is 6.94. The Bertz CT molecular complexity index is 848. The Morgan fingerprint density at radius 2 is 2.08 bits per heavy atom. The fourth-order valence-corrected chi connectivity index (χ4v) is 2.16. The first-order valence-corrected chi connectivity index (χ1v) is 7.73. The number of rotatable bonds is 7. The molecule has 1 aromatic carbocycles. The van der Waals surface area contributed by atoms with Crippen LogP contribution in [0.5, 0.6) is 0 Å². The van der Waals surface area contributed by atoms with Crippen molar-refractivity contribution in [2.75, 3.05) is 0 Å². The number of carbonyl (C=O) groups is 2. The molecule has 9 nitrogen and oxygen atoms in total. The highest BCUT2D eigenvalue weighted by atomic mass is 35.5. The highest BCUT2D eigenvalue weighted by Crippen LogP contribution is 2.22. The molecular formula is C16H15ClN4O5. The molecule has 0 bridgehead atoms.